The number of para-hydroxylation sites is 1. The summed E-state index contributed by atoms with van der Waals surface area (Å²) in [5.41, 5.74) is 0.869. The Morgan fingerprint density at radius 3 is 2.43 bits per heavy atom. The molecule has 1 N–H and O–H groups in total. The lowest BCUT2D eigenvalue weighted by Crippen LogP contribution is -2.51. The van der Waals surface area contributed by atoms with E-state index >= 15 is 0 Å². The number of esters is 1. The van der Waals surface area contributed by atoms with Crippen LogP contribution in [0, 0.1) is 0 Å². The monoisotopic (exact) mass is 503 g/mol. The second-order valence-corrected chi connectivity index (χ2v) is 10.1. The molecule has 1 aromatic heterocycles. The predicted molar refractivity (Wildman–Crippen MR) is 140 cm³/mol. The summed E-state index contributed by atoms with van der Waals surface area (Å²) in [5.74, 6) is -0.470. The molecule has 7 nitrogen and oxygen atoms in total. The van der Waals surface area contributed by atoms with Gasteiger partial charge in [0.2, 0.25) is 0 Å². The maximum absolute atomic E-state index is 13.2. The van der Waals surface area contributed by atoms with Crippen molar-refractivity contribution in [2.24, 2.45) is 0 Å². The number of amides is 1. The highest BCUT2D eigenvalue weighted by Crippen LogP contribution is 2.36. The Bertz CT molecular complexity index is 1090. The van der Waals surface area contributed by atoms with E-state index in [0.29, 0.717) is 18.7 Å². The number of hydrogen-bond acceptors (Lipinski definition) is 5. The molecule has 2 fully saturated rings. The molecule has 2 aliphatic heterocycles. The summed E-state index contributed by atoms with van der Waals surface area (Å²) in [6.45, 7) is 6.95. The van der Waals surface area contributed by atoms with Gasteiger partial charge in [-0.15, -0.1) is 12.4 Å². The van der Waals surface area contributed by atoms with Crippen molar-refractivity contribution in [3.63, 3.8) is 0 Å². The number of hydrogen-bond donors (Lipinski definition) is 1. The van der Waals surface area contributed by atoms with E-state index in [4.69, 9.17) is 4.74 Å². The number of carbonyl (C=O) groups excluding carboxylic acids is 2. The van der Waals surface area contributed by atoms with Gasteiger partial charge in [-0.25, -0.2) is 0 Å². The molecule has 0 spiro atoms. The van der Waals surface area contributed by atoms with Gasteiger partial charge in [0.05, 0.1) is 12.1 Å². The molecule has 35 heavy (non-hydrogen) atoms. The molecule has 8 heteroatoms. The largest absolute Gasteiger partial charge is 0.466 e. The Labute approximate surface area is 213 Å². The smallest absolute Gasteiger partial charge is 0.302 e. The number of nitrogens with zero attached hydrogens (tertiary/aromatic N) is 2. The summed E-state index contributed by atoms with van der Waals surface area (Å²) >= 11 is 0. The fourth-order valence-electron chi connectivity index (χ4n) is 5.77. The molecule has 2 aromatic rings. The van der Waals surface area contributed by atoms with E-state index in [2.05, 4.69) is 10.2 Å². The van der Waals surface area contributed by atoms with Crippen molar-refractivity contribution in [2.45, 2.75) is 89.9 Å². The zero-order valence-corrected chi connectivity index (χ0v) is 21.8. The summed E-state index contributed by atoms with van der Waals surface area (Å²) in [5, 5.41) is 4.10. The quantitative estimate of drug-likeness (QED) is 0.403. The zero-order chi connectivity index (χ0) is 24.2. The zero-order valence-electron chi connectivity index (χ0n) is 21.0. The van der Waals surface area contributed by atoms with E-state index in [1.807, 2.05) is 38.1 Å². The predicted octanol–water partition coefficient (Wildman–Crippen LogP) is 4.46. The summed E-state index contributed by atoms with van der Waals surface area (Å²) in [4.78, 5) is 39.9. The summed E-state index contributed by atoms with van der Waals surface area (Å²) < 4.78 is 6.73. The lowest BCUT2D eigenvalue weighted by Gasteiger charge is -2.39. The lowest BCUT2D eigenvalue weighted by atomic mass is 9.96. The van der Waals surface area contributed by atoms with Crippen molar-refractivity contribution < 1.29 is 14.3 Å². The van der Waals surface area contributed by atoms with Gasteiger partial charge in [-0.1, -0.05) is 18.2 Å². The van der Waals surface area contributed by atoms with Crippen LogP contribution in [0.3, 0.4) is 0 Å². The third kappa shape index (κ3) is 6.25. The molecular formula is C27H38ClN3O4. The van der Waals surface area contributed by atoms with E-state index in [0.717, 1.165) is 49.6 Å². The van der Waals surface area contributed by atoms with Crippen LogP contribution in [0.1, 0.15) is 82.1 Å². The molecule has 0 aliphatic carbocycles. The first kappa shape index (κ1) is 27.2. The third-order valence-electron chi connectivity index (χ3n) is 7.29. The standard InChI is InChI=1S/C27H37N3O4.ClH/c1-18(2)30-25-10-6-5-9-20(25)15-24(27(30)33)26(32)28-21-16-22-11-12-23(17-21)29(22)13-7-4-8-14-34-19(3)31;/h5-6,9-10,15,18,21-23H,4,7-8,11-14,16-17H2,1-3H3,(H,28,32);1H. The van der Waals surface area contributed by atoms with Crippen LogP contribution < -0.4 is 10.9 Å². The van der Waals surface area contributed by atoms with E-state index in [9.17, 15) is 14.4 Å². The number of rotatable bonds is 9. The molecule has 192 valence electrons. The van der Waals surface area contributed by atoms with Gasteiger partial charge in [0.25, 0.3) is 11.5 Å². The van der Waals surface area contributed by atoms with Gasteiger partial charge >= 0.3 is 5.97 Å². The SMILES string of the molecule is CC(=O)OCCCCCN1C2CCC1CC(NC(=O)c1cc3ccccc3n(C(C)C)c1=O)C2.Cl. The van der Waals surface area contributed by atoms with Crippen LogP contribution in [0.4, 0.5) is 0 Å². The van der Waals surface area contributed by atoms with Crippen LogP contribution in [0.5, 0.6) is 0 Å². The average molecular weight is 504 g/mol. The molecule has 2 atom stereocenters. The van der Waals surface area contributed by atoms with Crippen molar-refractivity contribution in [2.75, 3.05) is 13.2 Å². The van der Waals surface area contributed by atoms with Crippen LogP contribution in [0.2, 0.25) is 0 Å². The van der Waals surface area contributed by atoms with E-state index in [1.54, 1.807) is 10.6 Å². The molecule has 2 saturated heterocycles. The summed E-state index contributed by atoms with van der Waals surface area (Å²) in [6.07, 6.45) is 7.25. The number of unbranched alkanes of at least 4 members (excludes halogenated alkanes) is 2. The van der Waals surface area contributed by atoms with Crippen LogP contribution in [-0.2, 0) is 9.53 Å². The summed E-state index contributed by atoms with van der Waals surface area (Å²) in [6, 6.07) is 10.5. The molecule has 1 amide bonds. The van der Waals surface area contributed by atoms with Crippen LogP contribution >= 0.6 is 12.4 Å². The number of pyridine rings is 1. The minimum absolute atomic E-state index is 0. The average Bonchev–Trinajstić information content (AvgIpc) is 3.02. The Balaban J connectivity index is 0.00000342. The first-order chi connectivity index (χ1) is 16.3. The summed E-state index contributed by atoms with van der Waals surface area (Å²) in [7, 11) is 0. The maximum Gasteiger partial charge on any atom is 0.302 e. The second-order valence-electron chi connectivity index (χ2n) is 10.1. The highest BCUT2D eigenvalue weighted by atomic mass is 35.5. The Morgan fingerprint density at radius 1 is 1.09 bits per heavy atom. The first-order valence-electron chi connectivity index (χ1n) is 12.7. The van der Waals surface area contributed by atoms with Gasteiger partial charge in [0.1, 0.15) is 5.56 Å². The normalized spacial score (nSPS) is 21.7. The molecule has 0 radical (unpaired) electrons. The fourth-order valence-corrected chi connectivity index (χ4v) is 5.77. The minimum atomic E-state index is -0.256. The lowest BCUT2D eigenvalue weighted by molar-refractivity contribution is -0.141. The molecular weight excluding hydrogens is 466 g/mol. The molecule has 2 bridgehead atoms. The number of piperidine rings is 1. The van der Waals surface area contributed by atoms with Gasteiger partial charge < -0.3 is 14.6 Å². The van der Waals surface area contributed by atoms with Crippen molar-refractivity contribution in [1.29, 1.82) is 0 Å². The number of benzene rings is 1. The van der Waals surface area contributed by atoms with Crippen molar-refractivity contribution in [3.8, 4) is 0 Å². The molecule has 4 rings (SSSR count). The Morgan fingerprint density at radius 2 is 1.77 bits per heavy atom. The van der Waals surface area contributed by atoms with Gasteiger partial charge in [-0.05, 0) is 82.9 Å². The number of ether oxygens (including phenoxy) is 1. The second kappa shape index (κ2) is 12.0. The Hall–Kier alpha value is -2.38. The number of fused-ring (bicyclic) bond motifs is 3. The molecule has 0 saturated carbocycles. The number of nitrogens with one attached hydrogen (secondary N) is 1. The van der Waals surface area contributed by atoms with E-state index in [-0.39, 0.29) is 47.5 Å². The highest BCUT2D eigenvalue weighted by molar-refractivity contribution is 5.97. The number of halogens is 1. The fraction of sp³-hybridized carbons (Fsp3) is 0.593. The van der Waals surface area contributed by atoms with E-state index in [1.165, 1.54) is 19.8 Å². The van der Waals surface area contributed by atoms with Gasteiger partial charge in [-0.2, -0.15) is 0 Å². The molecule has 1 aromatic carbocycles. The first-order valence-corrected chi connectivity index (χ1v) is 12.7. The van der Waals surface area contributed by atoms with Crippen LogP contribution in [-0.4, -0.2) is 52.6 Å². The molecule has 2 unspecified atom stereocenters. The van der Waals surface area contributed by atoms with Crippen molar-refractivity contribution in [1.82, 2.24) is 14.8 Å². The van der Waals surface area contributed by atoms with Gasteiger partial charge in [0, 0.05) is 31.1 Å². The number of aromatic nitrogens is 1. The Kier molecular flexibility index (Phi) is 9.36. The van der Waals surface area contributed by atoms with Crippen LogP contribution in [0.25, 0.3) is 10.9 Å². The van der Waals surface area contributed by atoms with Gasteiger partial charge in [0.15, 0.2) is 0 Å². The van der Waals surface area contributed by atoms with E-state index < -0.39 is 0 Å². The van der Waals surface area contributed by atoms with Crippen LogP contribution in [0.15, 0.2) is 35.1 Å². The van der Waals surface area contributed by atoms with Crippen molar-refractivity contribution in [3.05, 3.63) is 46.2 Å². The van der Waals surface area contributed by atoms with Crippen molar-refractivity contribution >= 4 is 35.2 Å². The minimum Gasteiger partial charge on any atom is -0.466 e. The third-order valence-corrected chi connectivity index (χ3v) is 7.29. The molecule has 2 aliphatic rings. The maximum atomic E-state index is 13.2. The number of carbonyl (C=O) groups is 2. The topological polar surface area (TPSA) is 80.6 Å². The highest BCUT2D eigenvalue weighted by Gasteiger charge is 2.40. The molecule has 3 heterocycles. The van der Waals surface area contributed by atoms with Gasteiger partial charge in [-0.3, -0.25) is 19.3 Å².